The highest BCUT2D eigenvalue weighted by Gasteiger charge is 2.18. The van der Waals surface area contributed by atoms with Gasteiger partial charge in [-0.1, -0.05) is 17.7 Å². The molecule has 3 rings (SSSR count). The fourth-order valence-electron chi connectivity index (χ4n) is 2.95. The second-order valence-electron chi connectivity index (χ2n) is 7.13. The van der Waals surface area contributed by atoms with Gasteiger partial charge in [0.15, 0.2) is 0 Å². The van der Waals surface area contributed by atoms with Crippen molar-refractivity contribution in [2.24, 2.45) is 0 Å². The molecule has 0 spiro atoms. The molecule has 0 fully saturated rings. The third-order valence-electron chi connectivity index (χ3n) is 4.58. The number of aryl methyl sites for hydroxylation is 3. The molecule has 2 heterocycles. The van der Waals surface area contributed by atoms with E-state index in [2.05, 4.69) is 10.3 Å². The normalized spacial score (nSPS) is 11.4. The van der Waals surface area contributed by atoms with Crippen LogP contribution in [0.3, 0.4) is 0 Å². The molecule has 1 N–H and O–H groups in total. The summed E-state index contributed by atoms with van der Waals surface area (Å²) in [5.41, 5.74) is 2.27. The maximum absolute atomic E-state index is 13.2. The molecule has 0 unspecified atom stereocenters. The van der Waals surface area contributed by atoms with Crippen molar-refractivity contribution < 1.29 is 4.79 Å². The van der Waals surface area contributed by atoms with Gasteiger partial charge in [0, 0.05) is 15.6 Å². The summed E-state index contributed by atoms with van der Waals surface area (Å²) in [6.07, 6.45) is 0. The molecule has 0 saturated carbocycles. The molecular weight excluding hydrogens is 396 g/mol. The Morgan fingerprint density at radius 1 is 1.29 bits per heavy atom. The van der Waals surface area contributed by atoms with Gasteiger partial charge < -0.3 is 10.2 Å². The first-order valence-corrected chi connectivity index (χ1v) is 10.1. The first-order valence-electron chi connectivity index (χ1n) is 8.87. The minimum absolute atomic E-state index is 0.106. The molecule has 1 amide bonds. The number of carbonyl (C=O) groups is 1. The number of nitrogens with one attached hydrogen (secondary N) is 1. The largest absolute Gasteiger partial charge is 0.324 e. The number of anilines is 1. The summed E-state index contributed by atoms with van der Waals surface area (Å²) in [4.78, 5) is 34.2. The second-order valence-corrected chi connectivity index (χ2v) is 8.74. The summed E-state index contributed by atoms with van der Waals surface area (Å²) in [5, 5.41) is 3.99. The molecule has 0 bridgehead atoms. The summed E-state index contributed by atoms with van der Waals surface area (Å²) >= 11 is 7.64. The van der Waals surface area contributed by atoms with Crippen molar-refractivity contribution in [3.63, 3.8) is 0 Å². The van der Waals surface area contributed by atoms with Gasteiger partial charge in [-0.05, 0) is 58.1 Å². The number of benzene rings is 1. The second kappa shape index (κ2) is 8.03. The van der Waals surface area contributed by atoms with E-state index in [4.69, 9.17) is 11.6 Å². The molecule has 2 aromatic heterocycles. The number of hydrogen-bond donors (Lipinski definition) is 1. The third-order valence-corrected chi connectivity index (χ3v) is 6.09. The molecule has 0 saturated heterocycles. The number of nitrogens with zero attached hydrogens (tertiary/aromatic N) is 3. The summed E-state index contributed by atoms with van der Waals surface area (Å²) in [5.74, 6) is 0.272. The Hall–Kier alpha value is -2.22. The lowest BCUT2D eigenvalue weighted by Crippen LogP contribution is -2.32. The number of halogens is 1. The van der Waals surface area contributed by atoms with Crippen LogP contribution in [0.15, 0.2) is 23.0 Å². The molecule has 0 atom stereocenters. The number of fused-ring (bicyclic) bond motifs is 1. The smallest absolute Gasteiger partial charge is 0.263 e. The molecule has 0 radical (unpaired) electrons. The topological polar surface area (TPSA) is 67.2 Å². The maximum atomic E-state index is 13.2. The summed E-state index contributed by atoms with van der Waals surface area (Å²) in [6, 6.07) is 5.33. The summed E-state index contributed by atoms with van der Waals surface area (Å²) in [7, 11) is 3.81. The van der Waals surface area contributed by atoms with Gasteiger partial charge >= 0.3 is 0 Å². The predicted octanol–water partition coefficient (Wildman–Crippen LogP) is 3.74. The molecule has 3 aromatic rings. The van der Waals surface area contributed by atoms with Crippen molar-refractivity contribution in [3.05, 3.63) is 55.4 Å². The number of hydrogen-bond acceptors (Lipinski definition) is 5. The maximum Gasteiger partial charge on any atom is 0.263 e. The SMILES string of the molecule is Cc1ccc(NC(=O)Cn2c(CN(C)C)nc3sc(C)c(C)c3c2=O)cc1Cl. The fourth-order valence-corrected chi connectivity index (χ4v) is 4.17. The molecule has 148 valence electrons. The lowest BCUT2D eigenvalue weighted by atomic mass is 10.2. The van der Waals surface area contributed by atoms with E-state index in [0.717, 1.165) is 20.8 Å². The molecule has 8 heteroatoms. The van der Waals surface area contributed by atoms with Crippen molar-refractivity contribution in [1.29, 1.82) is 0 Å². The lowest BCUT2D eigenvalue weighted by Gasteiger charge is -2.16. The predicted molar refractivity (Wildman–Crippen MR) is 116 cm³/mol. The van der Waals surface area contributed by atoms with Gasteiger partial charge in [-0.15, -0.1) is 11.3 Å². The average Bonchev–Trinajstić information content (AvgIpc) is 2.88. The Kier molecular flexibility index (Phi) is 5.88. The average molecular weight is 419 g/mol. The highest BCUT2D eigenvalue weighted by molar-refractivity contribution is 7.18. The summed E-state index contributed by atoms with van der Waals surface area (Å²) in [6.45, 7) is 6.15. The van der Waals surface area contributed by atoms with Crippen molar-refractivity contribution in [1.82, 2.24) is 14.5 Å². The number of carbonyl (C=O) groups excluding carboxylic acids is 1. The van der Waals surface area contributed by atoms with Gasteiger partial charge in [-0.3, -0.25) is 14.2 Å². The highest BCUT2D eigenvalue weighted by atomic mass is 35.5. The van der Waals surface area contributed by atoms with Crippen LogP contribution in [-0.2, 0) is 17.9 Å². The van der Waals surface area contributed by atoms with E-state index >= 15 is 0 Å². The molecule has 0 aliphatic heterocycles. The molecule has 28 heavy (non-hydrogen) atoms. The van der Waals surface area contributed by atoms with E-state index < -0.39 is 0 Å². The number of aromatic nitrogens is 2. The van der Waals surface area contributed by atoms with Gasteiger partial charge in [-0.25, -0.2) is 4.98 Å². The van der Waals surface area contributed by atoms with Gasteiger partial charge in [0.25, 0.3) is 5.56 Å². The zero-order valence-corrected chi connectivity index (χ0v) is 18.2. The van der Waals surface area contributed by atoms with E-state index in [9.17, 15) is 9.59 Å². The minimum Gasteiger partial charge on any atom is -0.324 e. The molecule has 0 aliphatic rings. The van der Waals surface area contributed by atoms with E-state index in [0.29, 0.717) is 28.5 Å². The Morgan fingerprint density at radius 3 is 2.64 bits per heavy atom. The first kappa shape index (κ1) is 20.5. The monoisotopic (exact) mass is 418 g/mol. The minimum atomic E-state index is -0.298. The molecule has 1 aromatic carbocycles. The van der Waals surface area contributed by atoms with Crippen molar-refractivity contribution in [2.75, 3.05) is 19.4 Å². The van der Waals surface area contributed by atoms with Crippen LogP contribution >= 0.6 is 22.9 Å². The van der Waals surface area contributed by atoms with Gasteiger partial charge in [0.2, 0.25) is 5.91 Å². The van der Waals surface area contributed by atoms with Crippen LogP contribution in [0.5, 0.6) is 0 Å². The van der Waals surface area contributed by atoms with Crippen LogP contribution in [0.2, 0.25) is 5.02 Å². The number of thiophene rings is 1. The van der Waals surface area contributed by atoms with Crippen molar-refractivity contribution >= 4 is 44.7 Å². The van der Waals surface area contributed by atoms with Crippen LogP contribution < -0.4 is 10.9 Å². The fraction of sp³-hybridized carbons (Fsp3) is 0.350. The Balaban J connectivity index is 1.98. The Morgan fingerprint density at radius 2 is 2.00 bits per heavy atom. The van der Waals surface area contributed by atoms with E-state index in [1.807, 2.05) is 45.8 Å². The van der Waals surface area contributed by atoms with Gasteiger partial charge in [0.05, 0.1) is 11.9 Å². The Bertz CT molecular complexity index is 1120. The van der Waals surface area contributed by atoms with E-state index in [1.165, 1.54) is 15.9 Å². The van der Waals surface area contributed by atoms with E-state index in [1.54, 1.807) is 12.1 Å². The molecular formula is C20H23ClN4O2S. The number of rotatable bonds is 5. The quantitative estimate of drug-likeness (QED) is 0.685. The van der Waals surface area contributed by atoms with Gasteiger partial charge in [0.1, 0.15) is 17.2 Å². The zero-order chi connectivity index (χ0) is 20.6. The summed E-state index contributed by atoms with van der Waals surface area (Å²) < 4.78 is 1.46. The van der Waals surface area contributed by atoms with Crippen molar-refractivity contribution in [2.45, 2.75) is 33.9 Å². The first-order chi connectivity index (χ1) is 13.2. The Labute approximate surface area is 172 Å². The highest BCUT2D eigenvalue weighted by Crippen LogP contribution is 2.26. The third kappa shape index (κ3) is 4.11. The van der Waals surface area contributed by atoms with Crippen LogP contribution in [0.25, 0.3) is 10.2 Å². The molecule has 0 aliphatic carbocycles. The van der Waals surface area contributed by atoms with Crippen molar-refractivity contribution in [3.8, 4) is 0 Å². The van der Waals surface area contributed by atoms with Crippen LogP contribution in [-0.4, -0.2) is 34.5 Å². The number of amides is 1. The lowest BCUT2D eigenvalue weighted by molar-refractivity contribution is -0.116. The van der Waals surface area contributed by atoms with Crippen LogP contribution in [0.1, 0.15) is 21.8 Å². The van der Waals surface area contributed by atoms with Crippen LogP contribution in [0, 0.1) is 20.8 Å². The van der Waals surface area contributed by atoms with Gasteiger partial charge in [-0.2, -0.15) is 0 Å². The molecule has 6 nitrogen and oxygen atoms in total. The van der Waals surface area contributed by atoms with E-state index in [-0.39, 0.29) is 18.0 Å². The van der Waals surface area contributed by atoms with Crippen LogP contribution in [0.4, 0.5) is 5.69 Å². The zero-order valence-electron chi connectivity index (χ0n) is 16.6. The standard InChI is InChI=1S/C20H23ClN4O2S/c1-11-6-7-14(8-15(11)21)22-17(26)10-25-16(9-24(4)5)23-19-18(20(25)27)12(2)13(3)28-19/h6-8H,9-10H2,1-5H3,(H,22,26).